The quantitative estimate of drug-likeness (QED) is 0.133. The molecule has 0 aliphatic carbocycles. The van der Waals surface area contributed by atoms with Gasteiger partial charge in [-0.05, 0) is 72.6 Å². The molecule has 3 N–H and O–H groups in total. The summed E-state index contributed by atoms with van der Waals surface area (Å²) in [6, 6.07) is 28.1. The zero-order valence-electron chi connectivity index (χ0n) is 23.1. The van der Waals surface area contributed by atoms with E-state index in [-0.39, 0.29) is 11.3 Å². The molecule has 0 heterocycles. The maximum absolute atomic E-state index is 12.9. The van der Waals surface area contributed by atoms with Gasteiger partial charge < -0.3 is 24.8 Å². The van der Waals surface area contributed by atoms with Gasteiger partial charge in [-0.15, -0.1) is 0 Å². The Labute approximate surface area is 243 Å². The van der Waals surface area contributed by atoms with E-state index in [1.54, 1.807) is 54.6 Å². The van der Waals surface area contributed by atoms with Crippen molar-refractivity contribution in [3.8, 4) is 17.2 Å². The summed E-state index contributed by atoms with van der Waals surface area (Å²) in [5, 5.41) is 9.09. The van der Waals surface area contributed by atoms with Gasteiger partial charge in [0, 0.05) is 5.69 Å². The van der Waals surface area contributed by atoms with Crippen LogP contribution in [0.5, 0.6) is 17.2 Å². The van der Waals surface area contributed by atoms with Crippen LogP contribution in [0.25, 0.3) is 0 Å². The molecule has 0 aromatic heterocycles. The van der Waals surface area contributed by atoms with Crippen LogP contribution in [-0.4, -0.2) is 37.7 Å². The minimum absolute atomic E-state index is 0.167. The van der Waals surface area contributed by atoms with Crippen molar-refractivity contribution >= 4 is 35.3 Å². The normalized spacial score (nSPS) is 10.5. The summed E-state index contributed by atoms with van der Waals surface area (Å²) in [4.78, 5) is 37.8. The summed E-state index contributed by atoms with van der Waals surface area (Å²) in [5.74, 6) is -0.746. The van der Waals surface area contributed by atoms with Gasteiger partial charge in [0.2, 0.25) is 0 Å². The number of hydrogen-bond acceptors (Lipinski definition) is 7. The standard InChI is InChI=1S/C32H30N4O6/c1-3-41-25-16-14-24(15-17-25)34-30(37)26-11-7-8-12-27(26)35-31(38)32(39)36-33-20-23-13-18-28(29(19-23)40-2)42-21-22-9-5-4-6-10-22/h4-20H,3,21H2,1-2H3,(H,34,37)(H,35,38)(H,36,39)/b33-20+. The number of nitrogens with zero attached hydrogens (tertiary/aromatic N) is 1. The Balaban J connectivity index is 1.33. The Bertz CT molecular complexity index is 1560. The maximum atomic E-state index is 12.9. The van der Waals surface area contributed by atoms with Crippen LogP contribution in [0.4, 0.5) is 11.4 Å². The highest BCUT2D eigenvalue weighted by Gasteiger charge is 2.18. The first-order valence-electron chi connectivity index (χ1n) is 13.1. The van der Waals surface area contributed by atoms with E-state index in [4.69, 9.17) is 14.2 Å². The third kappa shape index (κ3) is 8.18. The zero-order chi connectivity index (χ0) is 29.7. The fraction of sp³-hybridized carbons (Fsp3) is 0.125. The number of anilines is 2. The predicted molar refractivity (Wildman–Crippen MR) is 160 cm³/mol. The van der Waals surface area contributed by atoms with E-state index in [1.165, 1.54) is 25.5 Å². The molecule has 10 nitrogen and oxygen atoms in total. The number of hydrogen-bond donors (Lipinski definition) is 3. The highest BCUT2D eigenvalue weighted by molar-refractivity contribution is 6.40. The molecule has 42 heavy (non-hydrogen) atoms. The number of rotatable bonds is 11. The summed E-state index contributed by atoms with van der Waals surface area (Å²) in [6.45, 7) is 2.79. The second kappa shape index (κ2) is 14.7. The molecular weight excluding hydrogens is 536 g/mol. The lowest BCUT2D eigenvalue weighted by atomic mass is 10.1. The van der Waals surface area contributed by atoms with Crippen molar-refractivity contribution < 1.29 is 28.6 Å². The molecule has 4 rings (SSSR count). The molecular formula is C32H30N4O6. The van der Waals surface area contributed by atoms with E-state index in [0.29, 0.717) is 41.7 Å². The van der Waals surface area contributed by atoms with Crippen LogP contribution in [-0.2, 0) is 16.2 Å². The van der Waals surface area contributed by atoms with Gasteiger partial charge in [-0.3, -0.25) is 14.4 Å². The molecule has 0 atom stereocenters. The smallest absolute Gasteiger partial charge is 0.329 e. The summed E-state index contributed by atoms with van der Waals surface area (Å²) < 4.78 is 16.7. The van der Waals surface area contributed by atoms with Crippen LogP contribution in [0.2, 0.25) is 0 Å². The monoisotopic (exact) mass is 566 g/mol. The third-order valence-electron chi connectivity index (χ3n) is 5.85. The average molecular weight is 567 g/mol. The van der Waals surface area contributed by atoms with Crippen molar-refractivity contribution in [3.63, 3.8) is 0 Å². The van der Waals surface area contributed by atoms with Gasteiger partial charge >= 0.3 is 11.8 Å². The van der Waals surface area contributed by atoms with Crippen LogP contribution in [0.3, 0.4) is 0 Å². The Kier molecular flexibility index (Phi) is 10.2. The summed E-state index contributed by atoms with van der Waals surface area (Å²) in [5.41, 5.74) is 4.70. The molecule has 0 aliphatic heterocycles. The molecule has 0 spiro atoms. The lowest BCUT2D eigenvalue weighted by Gasteiger charge is -2.12. The third-order valence-corrected chi connectivity index (χ3v) is 5.85. The lowest BCUT2D eigenvalue weighted by molar-refractivity contribution is -0.136. The van der Waals surface area contributed by atoms with Crippen molar-refractivity contribution in [3.05, 3.63) is 114 Å². The van der Waals surface area contributed by atoms with E-state index >= 15 is 0 Å². The van der Waals surface area contributed by atoms with Gasteiger partial charge in [0.25, 0.3) is 5.91 Å². The molecule has 0 saturated carbocycles. The summed E-state index contributed by atoms with van der Waals surface area (Å²) >= 11 is 0. The number of methoxy groups -OCH3 is 1. The van der Waals surface area contributed by atoms with E-state index in [1.807, 2.05) is 37.3 Å². The first kappa shape index (κ1) is 29.3. The molecule has 4 aromatic carbocycles. The first-order valence-corrected chi connectivity index (χ1v) is 13.1. The minimum atomic E-state index is -1.01. The fourth-order valence-electron chi connectivity index (χ4n) is 3.80. The van der Waals surface area contributed by atoms with Crippen LogP contribution in [0.1, 0.15) is 28.4 Å². The first-order chi connectivity index (χ1) is 20.5. The van der Waals surface area contributed by atoms with Gasteiger partial charge in [-0.1, -0.05) is 42.5 Å². The number of hydrazone groups is 1. The minimum Gasteiger partial charge on any atom is -0.494 e. The number of amides is 3. The Hall–Kier alpha value is -5.64. The molecule has 0 saturated heterocycles. The van der Waals surface area contributed by atoms with E-state index in [0.717, 1.165) is 5.56 Å². The second-order valence-electron chi connectivity index (χ2n) is 8.79. The molecule has 214 valence electrons. The van der Waals surface area contributed by atoms with Crippen molar-refractivity contribution in [2.75, 3.05) is 24.4 Å². The zero-order valence-corrected chi connectivity index (χ0v) is 23.1. The number of carbonyl (C=O) groups excluding carboxylic acids is 3. The van der Waals surface area contributed by atoms with Crippen LogP contribution in [0, 0.1) is 0 Å². The number of benzene rings is 4. The second-order valence-corrected chi connectivity index (χ2v) is 8.79. The number of carbonyl (C=O) groups is 3. The van der Waals surface area contributed by atoms with Gasteiger partial charge in [0.05, 0.1) is 31.2 Å². The van der Waals surface area contributed by atoms with Crippen LogP contribution >= 0.6 is 0 Å². The average Bonchev–Trinajstić information content (AvgIpc) is 3.02. The molecule has 0 radical (unpaired) electrons. The van der Waals surface area contributed by atoms with Crippen molar-refractivity contribution in [1.82, 2.24) is 5.43 Å². The van der Waals surface area contributed by atoms with Crippen molar-refractivity contribution in [1.29, 1.82) is 0 Å². The maximum Gasteiger partial charge on any atom is 0.329 e. The largest absolute Gasteiger partial charge is 0.494 e. The van der Waals surface area contributed by atoms with Gasteiger partial charge in [-0.25, -0.2) is 5.43 Å². The molecule has 3 amide bonds. The van der Waals surface area contributed by atoms with Gasteiger partial charge in [-0.2, -0.15) is 5.10 Å². The van der Waals surface area contributed by atoms with E-state index in [2.05, 4.69) is 21.2 Å². The molecule has 0 unspecified atom stereocenters. The predicted octanol–water partition coefficient (Wildman–Crippen LogP) is 5.01. The number of para-hydroxylation sites is 1. The molecule has 0 fully saturated rings. The van der Waals surface area contributed by atoms with Gasteiger partial charge in [0.15, 0.2) is 11.5 Å². The van der Waals surface area contributed by atoms with E-state index in [9.17, 15) is 14.4 Å². The SMILES string of the molecule is CCOc1ccc(NC(=O)c2ccccc2NC(=O)C(=O)N/N=C/c2ccc(OCc3ccccc3)c(OC)c2)cc1. The molecule has 10 heteroatoms. The number of nitrogens with one attached hydrogen (secondary N) is 3. The Morgan fingerprint density at radius 3 is 2.26 bits per heavy atom. The summed E-state index contributed by atoms with van der Waals surface area (Å²) in [7, 11) is 1.52. The highest BCUT2D eigenvalue weighted by atomic mass is 16.5. The number of ether oxygens (including phenoxy) is 3. The van der Waals surface area contributed by atoms with Crippen molar-refractivity contribution in [2.45, 2.75) is 13.5 Å². The summed E-state index contributed by atoms with van der Waals surface area (Å²) in [6.07, 6.45) is 1.37. The Morgan fingerprint density at radius 2 is 1.52 bits per heavy atom. The van der Waals surface area contributed by atoms with Gasteiger partial charge in [0.1, 0.15) is 12.4 Å². The van der Waals surface area contributed by atoms with E-state index < -0.39 is 17.7 Å². The Morgan fingerprint density at radius 1 is 0.786 bits per heavy atom. The van der Waals surface area contributed by atoms with Crippen LogP contribution < -0.4 is 30.3 Å². The molecule has 4 aromatic rings. The topological polar surface area (TPSA) is 127 Å². The fourth-order valence-corrected chi connectivity index (χ4v) is 3.80. The highest BCUT2D eigenvalue weighted by Crippen LogP contribution is 2.28. The van der Waals surface area contributed by atoms with Crippen molar-refractivity contribution in [2.24, 2.45) is 5.10 Å². The lowest BCUT2D eigenvalue weighted by Crippen LogP contribution is -2.33. The molecule has 0 bridgehead atoms. The molecule has 0 aliphatic rings. The van der Waals surface area contributed by atoms with Crippen LogP contribution in [0.15, 0.2) is 102 Å².